The van der Waals surface area contributed by atoms with Crippen molar-refractivity contribution in [2.24, 2.45) is 11.8 Å². The maximum absolute atomic E-state index is 11.7. The van der Waals surface area contributed by atoms with Crippen molar-refractivity contribution in [3.05, 3.63) is 12.7 Å². The van der Waals surface area contributed by atoms with Crippen LogP contribution in [-0.4, -0.2) is 41.3 Å². The van der Waals surface area contributed by atoms with E-state index < -0.39 is 5.97 Å². The highest BCUT2D eigenvalue weighted by molar-refractivity contribution is 5.74. The monoisotopic (exact) mass is 239 g/mol. The molecule has 3 atom stereocenters. The minimum absolute atomic E-state index is 0.0495. The van der Waals surface area contributed by atoms with Gasteiger partial charge < -0.3 is 14.7 Å². The molecular weight excluding hydrogens is 222 g/mol. The van der Waals surface area contributed by atoms with Gasteiger partial charge in [-0.2, -0.15) is 0 Å². The molecule has 1 N–H and O–H groups in total. The van der Waals surface area contributed by atoms with Crippen LogP contribution in [-0.2, 0) is 9.53 Å². The van der Waals surface area contributed by atoms with Crippen LogP contribution in [0.15, 0.2) is 12.7 Å². The molecule has 0 spiro atoms. The summed E-state index contributed by atoms with van der Waals surface area (Å²) in [7, 11) is 0. The zero-order chi connectivity index (χ0) is 12.4. The van der Waals surface area contributed by atoms with Gasteiger partial charge in [-0.3, -0.25) is 4.79 Å². The highest BCUT2D eigenvalue weighted by Crippen LogP contribution is 2.46. The van der Waals surface area contributed by atoms with Gasteiger partial charge in [-0.25, -0.2) is 4.79 Å². The van der Waals surface area contributed by atoms with Crippen molar-refractivity contribution in [3.8, 4) is 0 Å². The number of carbonyl (C=O) groups excluding carboxylic acids is 1. The SMILES string of the molecule is C=CCOC(=O)N1CCCC1C1CC1C(=O)O. The number of amides is 1. The number of carboxylic acids is 1. The summed E-state index contributed by atoms with van der Waals surface area (Å²) in [5, 5.41) is 8.90. The molecule has 1 amide bonds. The molecule has 0 radical (unpaired) electrons. The van der Waals surface area contributed by atoms with Crippen LogP contribution in [0, 0.1) is 11.8 Å². The fourth-order valence-corrected chi connectivity index (χ4v) is 2.60. The first-order chi connectivity index (χ1) is 8.15. The van der Waals surface area contributed by atoms with Crippen LogP contribution in [0.2, 0.25) is 0 Å². The molecule has 5 heteroatoms. The molecule has 0 bridgehead atoms. The first kappa shape index (κ1) is 12.0. The first-order valence-corrected chi connectivity index (χ1v) is 5.92. The van der Waals surface area contributed by atoms with E-state index in [0.717, 1.165) is 12.8 Å². The van der Waals surface area contributed by atoms with Gasteiger partial charge in [0.25, 0.3) is 0 Å². The third-order valence-corrected chi connectivity index (χ3v) is 3.51. The molecule has 1 aliphatic carbocycles. The van der Waals surface area contributed by atoms with Crippen molar-refractivity contribution in [2.75, 3.05) is 13.2 Å². The Bertz CT molecular complexity index is 341. The van der Waals surface area contributed by atoms with Crippen molar-refractivity contribution in [3.63, 3.8) is 0 Å². The Kier molecular flexibility index (Phi) is 3.36. The number of aliphatic carboxylic acids is 1. The van der Waals surface area contributed by atoms with E-state index >= 15 is 0 Å². The lowest BCUT2D eigenvalue weighted by atomic mass is 10.1. The minimum atomic E-state index is -0.749. The third-order valence-electron chi connectivity index (χ3n) is 3.51. The summed E-state index contributed by atoms with van der Waals surface area (Å²) >= 11 is 0. The molecule has 17 heavy (non-hydrogen) atoms. The lowest BCUT2D eigenvalue weighted by molar-refractivity contribution is -0.139. The summed E-state index contributed by atoms with van der Waals surface area (Å²) in [5.74, 6) is -0.902. The molecule has 0 aromatic carbocycles. The number of hydrogen-bond donors (Lipinski definition) is 1. The summed E-state index contributed by atoms with van der Waals surface area (Å²) in [6, 6.07) is 0.0495. The second-order valence-electron chi connectivity index (χ2n) is 4.61. The number of rotatable bonds is 4. The van der Waals surface area contributed by atoms with E-state index in [1.165, 1.54) is 6.08 Å². The van der Waals surface area contributed by atoms with Crippen LogP contribution in [0.4, 0.5) is 4.79 Å². The molecule has 1 heterocycles. The fourth-order valence-electron chi connectivity index (χ4n) is 2.60. The zero-order valence-corrected chi connectivity index (χ0v) is 9.67. The molecule has 0 aromatic heterocycles. The Balaban J connectivity index is 1.92. The summed E-state index contributed by atoms with van der Waals surface area (Å²) in [6.07, 6.45) is 3.68. The zero-order valence-electron chi connectivity index (χ0n) is 9.67. The summed E-state index contributed by atoms with van der Waals surface area (Å²) < 4.78 is 5.00. The van der Waals surface area contributed by atoms with Crippen molar-refractivity contribution in [2.45, 2.75) is 25.3 Å². The van der Waals surface area contributed by atoms with E-state index in [4.69, 9.17) is 9.84 Å². The maximum atomic E-state index is 11.7. The van der Waals surface area contributed by atoms with Gasteiger partial charge in [-0.15, -0.1) is 0 Å². The summed E-state index contributed by atoms with van der Waals surface area (Å²) in [4.78, 5) is 24.2. The lowest BCUT2D eigenvalue weighted by Gasteiger charge is -2.23. The molecule has 1 aliphatic heterocycles. The third kappa shape index (κ3) is 2.43. The van der Waals surface area contributed by atoms with Gasteiger partial charge in [-0.05, 0) is 25.2 Å². The van der Waals surface area contributed by atoms with Crippen LogP contribution >= 0.6 is 0 Å². The molecule has 1 saturated heterocycles. The van der Waals surface area contributed by atoms with Crippen LogP contribution < -0.4 is 0 Å². The largest absolute Gasteiger partial charge is 0.481 e. The van der Waals surface area contributed by atoms with E-state index in [9.17, 15) is 9.59 Å². The minimum Gasteiger partial charge on any atom is -0.481 e. The van der Waals surface area contributed by atoms with Crippen LogP contribution in [0.3, 0.4) is 0 Å². The molecule has 2 rings (SSSR count). The smallest absolute Gasteiger partial charge is 0.410 e. The van der Waals surface area contributed by atoms with Gasteiger partial charge in [0.2, 0.25) is 0 Å². The Morgan fingerprint density at radius 3 is 2.88 bits per heavy atom. The standard InChI is InChI=1S/C12H17NO4/c1-2-6-17-12(16)13-5-3-4-10(13)8-7-9(8)11(14)15/h2,8-10H,1,3-7H2,(H,14,15). The number of ether oxygens (including phenoxy) is 1. The molecule has 3 unspecified atom stereocenters. The average Bonchev–Trinajstić information content (AvgIpc) is 2.96. The average molecular weight is 239 g/mol. The fraction of sp³-hybridized carbons (Fsp3) is 0.667. The maximum Gasteiger partial charge on any atom is 0.410 e. The van der Waals surface area contributed by atoms with E-state index in [0.29, 0.717) is 13.0 Å². The van der Waals surface area contributed by atoms with Gasteiger partial charge in [0.15, 0.2) is 0 Å². The number of hydrogen-bond acceptors (Lipinski definition) is 3. The predicted octanol–water partition coefficient (Wildman–Crippen LogP) is 1.49. The number of carbonyl (C=O) groups is 2. The molecule has 94 valence electrons. The van der Waals surface area contributed by atoms with Crippen LogP contribution in [0.1, 0.15) is 19.3 Å². The van der Waals surface area contributed by atoms with Crippen molar-refractivity contribution < 1.29 is 19.4 Å². The molecule has 5 nitrogen and oxygen atoms in total. The first-order valence-electron chi connectivity index (χ1n) is 5.92. The van der Waals surface area contributed by atoms with Gasteiger partial charge in [0.1, 0.15) is 6.61 Å². The van der Waals surface area contributed by atoms with Gasteiger partial charge in [0.05, 0.1) is 5.92 Å². The van der Waals surface area contributed by atoms with Crippen molar-refractivity contribution in [1.82, 2.24) is 4.90 Å². The van der Waals surface area contributed by atoms with E-state index in [1.54, 1.807) is 4.90 Å². The van der Waals surface area contributed by atoms with Crippen molar-refractivity contribution in [1.29, 1.82) is 0 Å². The predicted molar refractivity (Wildman–Crippen MR) is 60.5 cm³/mol. The topological polar surface area (TPSA) is 66.8 Å². The quantitative estimate of drug-likeness (QED) is 0.755. The van der Waals surface area contributed by atoms with Gasteiger partial charge >= 0.3 is 12.1 Å². The van der Waals surface area contributed by atoms with E-state index in [1.807, 2.05) is 0 Å². The highest BCUT2D eigenvalue weighted by atomic mass is 16.6. The second kappa shape index (κ2) is 4.77. The lowest BCUT2D eigenvalue weighted by Crippen LogP contribution is -2.38. The molecule has 1 saturated carbocycles. The normalized spacial score (nSPS) is 31.1. The highest BCUT2D eigenvalue weighted by Gasteiger charge is 2.51. The number of nitrogens with zero attached hydrogens (tertiary/aromatic N) is 1. The van der Waals surface area contributed by atoms with Crippen molar-refractivity contribution >= 4 is 12.1 Å². The summed E-state index contributed by atoms with van der Waals surface area (Å²) in [6.45, 7) is 4.36. The van der Waals surface area contributed by atoms with Crippen LogP contribution in [0.25, 0.3) is 0 Å². The number of likely N-dealkylation sites (tertiary alicyclic amines) is 1. The Morgan fingerprint density at radius 2 is 2.29 bits per heavy atom. The van der Waals surface area contributed by atoms with E-state index in [-0.39, 0.29) is 30.6 Å². The summed E-state index contributed by atoms with van der Waals surface area (Å²) in [5.41, 5.74) is 0. The number of carboxylic acid groups (broad SMARTS) is 1. The Labute approximate surface area is 100 Å². The molecular formula is C12H17NO4. The van der Waals surface area contributed by atoms with Gasteiger partial charge in [-0.1, -0.05) is 12.7 Å². The molecule has 2 fully saturated rings. The Morgan fingerprint density at radius 1 is 1.53 bits per heavy atom. The van der Waals surface area contributed by atoms with Gasteiger partial charge in [0, 0.05) is 12.6 Å². The second-order valence-corrected chi connectivity index (χ2v) is 4.61. The van der Waals surface area contributed by atoms with E-state index in [2.05, 4.69) is 6.58 Å². The Hall–Kier alpha value is -1.52. The van der Waals surface area contributed by atoms with Crippen LogP contribution in [0.5, 0.6) is 0 Å². The molecule has 0 aromatic rings. The molecule has 2 aliphatic rings.